The highest BCUT2D eigenvalue weighted by Crippen LogP contribution is 2.31. The van der Waals surface area contributed by atoms with Gasteiger partial charge in [-0.1, -0.05) is 6.07 Å². The monoisotopic (exact) mass is 447 g/mol. The Morgan fingerprint density at radius 2 is 1.67 bits per heavy atom. The molecular formula is C25H29N5O3. The van der Waals surface area contributed by atoms with Gasteiger partial charge in [0, 0.05) is 30.5 Å². The van der Waals surface area contributed by atoms with Gasteiger partial charge in [0.2, 0.25) is 0 Å². The van der Waals surface area contributed by atoms with Crippen LogP contribution in [0.4, 0.5) is 23.0 Å². The summed E-state index contributed by atoms with van der Waals surface area (Å²) in [5, 5.41) is 6.24. The Labute approximate surface area is 194 Å². The fourth-order valence-electron chi connectivity index (χ4n) is 3.95. The Bertz CT molecular complexity index is 1110. The summed E-state index contributed by atoms with van der Waals surface area (Å²) in [6.45, 7) is 3.97. The van der Waals surface area contributed by atoms with E-state index in [1.165, 1.54) is 26.4 Å². The van der Waals surface area contributed by atoms with Crippen LogP contribution in [0.3, 0.4) is 0 Å². The molecule has 4 rings (SSSR count). The number of nitrogens with one attached hydrogen (secondary N) is 2. The van der Waals surface area contributed by atoms with Crippen molar-refractivity contribution in [3.05, 3.63) is 59.9 Å². The number of carbonyl (C=O) groups excluding carboxylic acids is 1. The maximum atomic E-state index is 12.8. The molecule has 1 aliphatic rings. The summed E-state index contributed by atoms with van der Waals surface area (Å²) in [6.07, 6.45) is 3.67. The molecule has 33 heavy (non-hydrogen) atoms. The van der Waals surface area contributed by atoms with Crippen molar-refractivity contribution in [2.45, 2.75) is 26.2 Å². The summed E-state index contributed by atoms with van der Waals surface area (Å²) in [7, 11) is 3.06. The second kappa shape index (κ2) is 10.2. The molecule has 0 atom stereocenters. The van der Waals surface area contributed by atoms with E-state index in [0.29, 0.717) is 22.7 Å². The van der Waals surface area contributed by atoms with Crippen molar-refractivity contribution in [3.63, 3.8) is 0 Å². The number of aromatic nitrogens is 2. The van der Waals surface area contributed by atoms with Crippen molar-refractivity contribution in [3.8, 4) is 11.5 Å². The van der Waals surface area contributed by atoms with Crippen LogP contribution in [0.25, 0.3) is 0 Å². The predicted octanol–water partition coefficient (Wildman–Crippen LogP) is 4.79. The molecule has 0 spiro atoms. The van der Waals surface area contributed by atoms with Gasteiger partial charge in [-0.2, -0.15) is 0 Å². The zero-order valence-electron chi connectivity index (χ0n) is 19.2. The number of methoxy groups -OCH3 is 2. The molecule has 2 heterocycles. The number of anilines is 4. The zero-order valence-corrected chi connectivity index (χ0v) is 19.2. The normalized spacial score (nSPS) is 13.4. The molecule has 8 nitrogen and oxygen atoms in total. The van der Waals surface area contributed by atoms with Crippen molar-refractivity contribution >= 4 is 28.9 Å². The minimum absolute atomic E-state index is 0.274. The fourth-order valence-corrected chi connectivity index (χ4v) is 3.95. The SMILES string of the molecule is COc1cccc(C(=O)Nc2ccc(Nc3cc(N4CCCCC4)nc(C)n3)cc2)c1OC. The Balaban J connectivity index is 1.45. The van der Waals surface area contributed by atoms with Gasteiger partial charge in [-0.05, 0) is 62.6 Å². The second-order valence-corrected chi connectivity index (χ2v) is 7.90. The highest BCUT2D eigenvalue weighted by Gasteiger charge is 2.17. The summed E-state index contributed by atoms with van der Waals surface area (Å²) < 4.78 is 10.6. The van der Waals surface area contributed by atoms with Crippen LogP contribution in [0.5, 0.6) is 11.5 Å². The fraction of sp³-hybridized carbons (Fsp3) is 0.320. The summed E-state index contributed by atoms with van der Waals surface area (Å²) in [5.74, 6) is 3.08. The van der Waals surface area contributed by atoms with Crippen LogP contribution < -0.4 is 25.0 Å². The molecule has 1 amide bonds. The van der Waals surface area contributed by atoms with Crippen LogP contribution in [0, 0.1) is 6.92 Å². The number of ether oxygens (including phenoxy) is 2. The Morgan fingerprint density at radius 1 is 0.939 bits per heavy atom. The molecule has 1 saturated heterocycles. The Hall–Kier alpha value is -3.81. The van der Waals surface area contributed by atoms with Crippen molar-refractivity contribution in [1.82, 2.24) is 9.97 Å². The number of para-hydroxylation sites is 1. The lowest BCUT2D eigenvalue weighted by molar-refractivity contribution is 0.102. The maximum Gasteiger partial charge on any atom is 0.259 e. The summed E-state index contributed by atoms with van der Waals surface area (Å²) >= 11 is 0. The molecule has 172 valence electrons. The number of nitrogens with zero attached hydrogens (tertiary/aromatic N) is 3. The van der Waals surface area contributed by atoms with Crippen LogP contribution in [-0.2, 0) is 0 Å². The van der Waals surface area contributed by atoms with Gasteiger partial charge in [0.05, 0.1) is 19.8 Å². The molecule has 0 bridgehead atoms. The smallest absolute Gasteiger partial charge is 0.259 e. The number of aryl methyl sites for hydroxylation is 1. The molecule has 1 fully saturated rings. The third-order valence-corrected chi connectivity index (χ3v) is 5.57. The third-order valence-electron chi connectivity index (χ3n) is 5.57. The van der Waals surface area contributed by atoms with Crippen molar-refractivity contribution in [2.24, 2.45) is 0 Å². The van der Waals surface area contributed by atoms with E-state index in [2.05, 4.69) is 25.5 Å². The molecule has 0 saturated carbocycles. The van der Waals surface area contributed by atoms with Crippen LogP contribution in [0.1, 0.15) is 35.4 Å². The van der Waals surface area contributed by atoms with Gasteiger partial charge in [0.15, 0.2) is 11.5 Å². The Morgan fingerprint density at radius 3 is 2.36 bits per heavy atom. The standard InChI is InChI=1S/C25H29N5O3/c1-17-26-22(16-23(27-17)30-14-5-4-6-15-30)28-18-10-12-19(13-11-18)29-25(31)20-8-7-9-21(32-2)24(20)33-3/h7-13,16H,4-6,14-15H2,1-3H3,(H,29,31)(H,26,27,28). The first-order chi connectivity index (χ1) is 16.1. The molecule has 2 N–H and O–H groups in total. The van der Waals surface area contributed by atoms with Crippen molar-refractivity contribution < 1.29 is 14.3 Å². The average molecular weight is 448 g/mol. The van der Waals surface area contributed by atoms with Gasteiger partial charge in [0.25, 0.3) is 5.91 Å². The number of hydrogen-bond acceptors (Lipinski definition) is 7. The molecule has 0 radical (unpaired) electrons. The lowest BCUT2D eigenvalue weighted by Gasteiger charge is -2.28. The van der Waals surface area contributed by atoms with E-state index in [4.69, 9.17) is 9.47 Å². The summed E-state index contributed by atoms with van der Waals surface area (Å²) in [6, 6.07) is 14.7. The van der Waals surface area contributed by atoms with Crippen LogP contribution in [-0.4, -0.2) is 43.2 Å². The molecule has 8 heteroatoms. The van der Waals surface area contributed by atoms with Gasteiger partial charge in [0.1, 0.15) is 17.5 Å². The first-order valence-electron chi connectivity index (χ1n) is 11.1. The molecule has 1 aromatic heterocycles. The Kier molecular flexibility index (Phi) is 6.92. The second-order valence-electron chi connectivity index (χ2n) is 7.90. The third kappa shape index (κ3) is 5.34. The van der Waals surface area contributed by atoms with Gasteiger partial charge in [-0.25, -0.2) is 9.97 Å². The van der Waals surface area contributed by atoms with E-state index < -0.39 is 0 Å². The van der Waals surface area contributed by atoms with E-state index >= 15 is 0 Å². The predicted molar refractivity (Wildman–Crippen MR) is 130 cm³/mol. The minimum atomic E-state index is -0.274. The minimum Gasteiger partial charge on any atom is -0.493 e. The van der Waals surface area contributed by atoms with Crippen molar-refractivity contribution in [2.75, 3.05) is 42.8 Å². The van der Waals surface area contributed by atoms with Crippen molar-refractivity contribution in [1.29, 1.82) is 0 Å². The quantitative estimate of drug-likeness (QED) is 0.538. The maximum absolute atomic E-state index is 12.8. The number of benzene rings is 2. The molecular weight excluding hydrogens is 418 g/mol. The first-order valence-corrected chi connectivity index (χ1v) is 11.1. The van der Waals surface area contributed by atoms with Gasteiger partial charge >= 0.3 is 0 Å². The van der Waals surface area contributed by atoms with Crippen LogP contribution in [0.15, 0.2) is 48.5 Å². The van der Waals surface area contributed by atoms with E-state index in [-0.39, 0.29) is 5.91 Å². The molecule has 1 aliphatic heterocycles. The molecule has 2 aromatic carbocycles. The zero-order chi connectivity index (χ0) is 23.2. The summed E-state index contributed by atoms with van der Waals surface area (Å²) in [4.78, 5) is 24.2. The molecule has 3 aromatic rings. The van der Waals surface area contributed by atoms with Crippen LogP contribution in [0.2, 0.25) is 0 Å². The first kappa shape index (κ1) is 22.4. The highest BCUT2D eigenvalue weighted by atomic mass is 16.5. The average Bonchev–Trinajstić information content (AvgIpc) is 2.84. The highest BCUT2D eigenvalue weighted by molar-refractivity contribution is 6.06. The summed E-state index contributed by atoms with van der Waals surface area (Å²) in [5.41, 5.74) is 1.94. The van der Waals surface area contributed by atoms with E-state index in [0.717, 1.165) is 36.2 Å². The van der Waals surface area contributed by atoms with Crippen LogP contribution >= 0.6 is 0 Å². The lowest BCUT2D eigenvalue weighted by atomic mass is 10.1. The number of amides is 1. The number of piperidine rings is 1. The van der Waals surface area contributed by atoms with Gasteiger partial charge in [-0.15, -0.1) is 0 Å². The largest absolute Gasteiger partial charge is 0.493 e. The van der Waals surface area contributed by atoms with Gasteiger partial charge < -0.3 is 25.0 Å². The molecule has 0 aliphatic carbocycles. The van der Waals surface area contributed by atoms with Gasteiger partial charge in [-0.3, -0.25) is 4.79 Å². The van der Waals surface area contributed by atoms with E-state index in [1.54, 1.807) is 25.3 Å². The topological polar surface area (TPSA) is 88.6 Å². The van der Waals surface area contributed by atoms with E-state index in [1.807, 2.05) is 37.3 Å². The number of hydrogen-bond donors (Lipinski definition) is 2. The van der Waals surface area contributed by atoms with E-state index in [9.17, 15) is 4.79 Å². The number of carbonyl (C=O) groups is 1. The number of rotatable bonds is 7. The lowest BCUT2D eigenvalue weighted by Crippen LogP contribution is -2.30. The molecule has 0 unspecified atom stereocenters.